The van der Waals surface area contributed by atoms with Crippen molar-refractivity contribution in [3.63, 3.8) is 0 Å². The second-order valence-electron chi connectivity index (χ2n) is 2.78. The summed E-state index contributed by atoms with van der Waals surface area (Å²) in [6.07, 6.45) is 0. The minimum Gasteiger partial charge on any atom is -0.536 e. The van der Waals surface area contributed by atoms with Crippen LogP contribution >= 0.6 is 0 Å². The van der Waals surface area contributed by atoms with Gasteiger partial charge >= 0.3 is 7.12 Å². The van der Waals surface area contributed by atoms with Crippen molar-refractivity contribution in [1.82, 2.24) is 0 Å². The van der Waals surface area contributed by atoms with Crippen LogP contribution in [0.1, 0.15) is 13.8 Å². The molecular formula is C6H11BO3. The van der Waals surface area contributed by atoms with E-state index in [1.165, 1.54) is 0 Å². The molecule has 0 aromatic rings. The van der Waals surface area contributed by atoms with Crippen molar-refractivity contribution in [2.45, 2.75) is 19.4 Å². The molecule has 0 atom stereocenters. The summed E-state index contributed by atoms with van der Waals surface area (Å²) >= 11 is 0. The van der Waals surface area contributed by atoms with Crippen molar-refractivity contribution in [2.24, 2.45) is 0 Å². The Morgan fingerprint density at radius 3 is 2.50 bits per heavy atom. The number of rotatable bonds is 1. The molecule has 0 aromatic heterocycles. The molecule has 0 spiro atoms. The molecule has 1 rings (SSSR count). The van der Waals surface area contributed by atoms with Crippen molar-refractivity contribution >= 4 is 7.12 Å². The second kappa shape index (κ2) is 2.29. The fourth-order valence-electron chi connectivity index (χ4n) is 0.794. The Labute approximate surface area is 60.8 Å². The smallest absolute Gasteiger partial charge is 0.536 e. The Morgan fingerprint density at radius 2 is 2.30 bits per heavy atom. The normalized spacial score (nSPS) is 23.1. The van der Waals surface area contributed by atoms with Crippen LogP contribution in [0, 0.1) is 0 Å². The summed E-state index contributed by atoms with van der Waals surface area (Å²) in [5, 5.41) is 8.62. The number of aliphatic hydroxyl groups is 1. The molecule has 10 heavy (non-hydrogen) atoms. The van der Waals surface area contributed by atoms with E-state index >= 15 is 0 Å². The molecule has 56 valence electrons. The maximum Gasteiger partial charge on any atom is 0.553 e. The van der Waals surface area contributed by atoms with Gasteiger partial charge in [-0.25, -0.2) is 0 Å². The molecule has 1 fully saturated rings. The van der Waals surface area contributed by atoms with Crippen molar-refractivity contribution in [3.8, 4) is 0 Å². The van der Waals surface area contributed by atoms with E-state index in [4.69, 9.17) is 14.4 Å². The van der Waals surface area contributed by atoms with Crippen LogP contribution in [0.15, 0.2) is 12.3 Å². The van der Waals surface area contributed by atoms with Crippen LogP contribution in [0.4, 0.5) is 0 Å². The first kappa shape index (κ1) is 7.63. The standard InChI is InChI=1S/C6H11BO3/c1-5-6(2,3)10-7(4-8)9-5/h8H,1,4H2,2-3H3. The van der Waals surface area contributed by atoms with E-state index in [1.54, 1.807) is 0 Å². The Bertz CT molecular complexity index is 155. The topological polar surface area (TPSA) is 38.7 Å². The molecule has 1 saturated heterocycles. The summed E-state index contributed by atoms with van der Waals surface area (Å²) < 4.78 is 10.3. The third-order valence-electron chi connectivity index (χ3n) is 1.52. The Morgan fingerprint density at radius 1 is 1.70 bits per heavy atom. The average molecular weight is 142 g/mol. The Hall–Kier alpha value is -0.475. The van der Waals surface area contributed by atoms with Gasteiger partial charge in [0.25, 0.3) is 0 Å². The first-order chi connectivity index (χ1) is 4.56. The zero-order valence-corrected chi connectivity index (χ0v) is 6.26. The highest BCUT2D eigenvalue weighted by atomic mass is 16.7. The van der Waals surface area contributed by atoms with E-state index in [0.717, 1.165) is 0 Å². The number of hydrogen-bond acceptors (Lipinski definition) is 3. The minimum absolute atomic E-state index is 0.123. The minimum atomic E-state index is -0.525. The summed E-state index contributed by atoms with van der Waals surface area (Å²) in [7, 11) is -0.525. The van der Waals surface area contributed by atoms with Gasteiger partial charge in [0.15, 0.2) is 0 Å². The molecule has 0 aliphatic carbocycles. The van der Waals surface area contributed by atoms with Gasteiger partial charge in [-0.05, 0) is 13.8 Å². The molecule has 3 nitrogen and oxygen atoms in total. The van der Waals surface area contributed by atoms with Gasteiger partial charge in [-0.15, -0.1) is 0 Å². The van der Waals surface area contributed by atoms with Gasteiger partial charge in [-0.2, -0.15) is 0 Å². The largest absolute Gasteiger partial charge is 0.553 e. The van der Waals surface area contributed by atoms with Crippen molar-refractivity contribution in [3.05, 3.63) is 12.3 Å². The zero-order valence-electron chi connectivity index (χ0n) is 6.26. The summed E-state index contributed by atoms with van der Waals surface area (Å²) in [5.74, 6) is 0.576. The summed E-state index contributed by atoms with van der Waals surface area (Å²) in [5.41, 5.74) is -0.451. The van der Waals surface area contributed by atoms with Crippen LogP contribution in [0.25, 0.3) is 0 Å². The molecule has 0 unspecified atom stereocenters. The van der Waals surface area contributed by atoms with Crippen molar-refractivity contribution < 1.29 is 14.4 Å². The van der Waals surface area contributed by atoms with Gasteiger partial charge < -0.3 is 14.4 Å². The molecule has 0 bridgehead atoms. The van der Waals surface area contributed by atoms with Crippen LogP contribution in [0.3, 0.4) is 0 Å². The summed E-state index contributed by atoms with van der Waals surface area (Å²) in [4.78, 5) is 0. The van der Waals surface area contributed by atoms with Crippen LogP contribution in [-0.4, -0.2) is 24.3 Å². The van der Waals surface area contributed by atoms with Crippen LogP contribution in [-0.2, 0) is 9.31 Å². The third kappa shape index (κ3) is 1.17. The molecule has 1 aliphatic rings. The second-order valence-corrected chi connectivity index (χ2v) is 2.78. The fourth-order valence-corrected chi connectivity index (χ4v) is 0.794. The fraction of sp³-hybridized carbons (Fsp3) is 0.667. The lowest BCUT2D eigenvalue weighted by Crippen LogP contribution is -2.26. The molecular weight excluding hydrogens is 131 g/mol. The third-order valence-corrected chi connectivity index (χ3v) is 1.52. The molecule has 4 heteroatoms. The van der Waals surface area contributed by atoms with Gasteiger partial charge in [0, 0.05) is 0 Å². The van der Waals surface area contributed by atoms with Gasteiger partial charge in [-0.3, -0.25) is 0 Å². The molecule has 1 N–H and O–H groups in total. The monoisotopic (exact) mass is 142 g/mol. The highest BCUT2D eigenvalue weighted by Crippen LogP contribution is 2.28. The first-order valence-electron chi connectivity index (χ1n) is 3.21. The van der Waals surface area contributed by atoms with E-state index in [9.17, 15) is 0 Å². The summed E-state index contributed by atoms with van der Waals surface area (Å²) in [6, 6.07) is 0. The van der Waals surface area contributed by atoms with E-state index in [2.05, 4.69) is 6.58 Å². The highest BCUT2D eigenvalue weighted by molar-refractivity contribution is 6.45. The van der Waals surface area contributed by atoms with E-state index in [0.29, 0.717) is 5.76 Å². The highest BCUT2D eigenvalue weighted by Gasteiger charge is 2.40. The van der Waals surface area contributed by atoms with Crippen LogP contribution in [0.2, 0.25) is 0 Å². The van der Waals surface area contributed by atoms with Gasteiger partial charge in [0.05, 0.1) is 12.3 Å². The van der Waals surface area contributed by atoms with Crippen molar-refractivity contribution in [2.75, 3.05) is 6.51 Å². The first-order valence-corrected chi connectivity index (χ1v) is 3.21. The van der Waals surface area contributed by atoms with E-state index in [-0.39, 0.29) is 6.51 Å². The van der Waals surface area contributed by atoms with Crippen molar-refractivity contribution in [1.29, 1.82) is 0 Å². The molecule has 0 aromatic carbocycles. The predicted octanol–water partition coefficient (Wildman–Crippen LogP) is 0.345. The lowest BCUT2D eigenvalue weighted by Gasteiger charge is -2.15. The van der Waals surface area contributed by atoms with E-state index < -0.39 is 12.7 Å². The molecule has 1 heterocycles. The van der Waals surface area contributed by atoms with Crippen LogP contribution < -0.4 is 0 Å². The molecule has 0 amide bonds. The van der Waals surface area contributed by atoms with Crippen LogP contribution in [0.5, 0.6) is 0 Å². The van der Waals surface area contributed by atoms with Gasteiger partial charge in [-0.1, -0.05) is 6.58 Å². The van der Waals surface area contributed by atoms with E-state index in [1.807, 2.05) is 13.8 Å². The quantitative estimate of drug-likeness (QED) is 0.536. The Kier molecular flexibility index (Phi) is 1.75. The summed E-state index contributed by atoms with van der Waals surface area (Å²) in [6.45, 7) is 7.23. The van der Waals surface area contributed by atoms with Gasteiger partial charge in [0.1, 0.15) is 5.60 Å². The molecule has 0 radical (unpaired) electrons. The lowest BCUT2D eigenvalue weighted by molar-refractivity contribution is 0.161. The average Bonchev–Trinajstić information content (AvgIpc) is 2.08. The number of hydrogen-bond donors (Lipinski definition) is 1. The number of aliphatic hydroxyl groups excluding tert-OH is 1. The molecule has 1 aliphatic heterocycles. The zero-order chi connectivity index (χ0) is 7.78. The predicted molar refractivity (Wildman–Crippen MR) is 38.2 cm³/mol. The van der Waals surface area contributed by atoms with Gasteiger partial charge in [0.2, 0.25) is 0 Å². The maximum absolute atomic E-state index is 8.62. The SMILES string of the molecule is C=C1OB(CO)OC1(C)C. The Balaban J connectivity index is 2.62. The molecule has 0 saturated carbocycles. The lowest BCUT2D eigenvalue weighted by atomic mass is 9.93. The maximum atomic E-state index is 8.62.